The molecule has 25 heavy (non-hydrogen) atoms. The van der Waals surface area contributed by atoms with E-state index in [-0.39, 0.29) is 19.1 Å². The van der Waals surface area contributed by atoms with Gasteiger partial charge in [-0.15, -0.1) is 0 Å². The fourth-order valence-electron chi connectivity index (χ4n) is 3.60. The molecule has 2 aliphatic rings. The fraction of sp³-hybridized carbons (Fsp3) is 0.647. The number of aryl methyl sites for hydroxylation is 2. The van der Waals surface area contributed by atoms with Crippen molar-refractivity contribution in [1.82, 2.24) is 14.9 Å². The van der Waals surface area contributed by atoms with Gasteiger partial charge in [-0.05, 0) is 26.2 Å². The highest BCUT2D eigenvalue weighted by Gasteiger charge is 2.32. The molecule has 3 rings (SSSR count). The summed E-state index contributed by atoms with van der Waals surface area (Å²) in [6.07, 6.45) is 2.92. The summed E-state index contributed by atoms with van der Waals surface area (Å²) in [6, 6.07) is 0. The van der Waals surface area contributed by atoms with E-state index in [2.05, 4.69) is 9.97 Å². The molecule has 1 aliphatic carbocycles. The molecule has 1 aromatic heterocycles. The number of hydrogen-bond donors (Lipinski definition) is 1. The van der Waals surface area contributed by atoms with Gasteiger partial charge in [0.25, 0.3) is 0 Å². The largest absolute Gasteiger partial charge is 0.481 e. The van der Waals surface area contributed by atoms with Crippen LogP contribution in [0.3, 0.4) is 0 Å². The predicted octanol–water partition coefficient (Wildman–Crippen LogP) is 0.270. The molecule has 1 saturated heterocycles. The van der Waals surface area contributed by atoms with Gasteiger partial charge in [-0.1, -0.05) is 0 Å². The summed E-state index contributed by atoms with van der Waals surface area (Å²) in [4.78, 5) is 36.6. The number of rotatable bonds is 4. The van der Waals surface area contributed by atoms with Gasteiger partial charge in [-0.3, -0.25) is 9.59 Å². The van der Waals surface area contributed by atoms with Crippen LogP contribution in [0, 0.1) is 12.8 Å². The lowest BCUT2D eigenvalue weighted by Crippen LogP contribution is -2.39. The Kier molecular flexibility index (Phi) is 5.17. The van der Waals surface area contributed by atoms with Crippen LogP contribution in [0.2, 0.25) is 0 Å². The van der Waals surface area contributed by atoms with Crippen LogP contribution in [0.5, 0.6) is 0 Å². The Morgan fingerprint density at radius 3 is 2.76 bits per heavy atom. The average Bonchev–Trinajstić information content (AvgIpc) is 2.91. The number of amides is 1. The van der Waals surface area contributed by atoms with Crippen molar-refractivity contribution in [3.63, 3.8) is 0 Å². The first kappa shape index (κ1) is 17.6. The molecule has 0 spiro atoms. The number of carbonyl (C=O) groups is 2. The summed E-state index contributed by atoms with van der Waals surface area (Å²) in [5, 5.41) is 9.58. The number of carbonyl (C=O) groups excluding carboxylic acids is 1. The second kappa shape index (κ2) is 7.35. The molecule has 0 bridgehead atoms. The summed E-state index contributed by atoms with van der Waals surface area (Å²) in [7, 11) is 1.46. The summed E-state index contributed by atoms with van der Waals surface area (Å²) >= 11 is 0. The molecule has 0 saturated carbocycles. The number of aliphatic carboxylic acids is 1. The van der Waals surface area contributed by atoms with Crippen molar-refractivity contribution in [3.05, 3.63) is 17.1 Å². The monoisotopic (exact) mass is 348 g/mol. The second-order valence-electron chi connectivity index (χ2n) is 6.63. The number of aromatic nitrogens is 2. The first-order valence-corrected chi connectivity index (χ1v) is 8.60. The fourth-order valence-corrected chi connectivity index (χ4v) is 3.60. The van der Waals surface area contributed by atoms with E-state index in [1.807, 2.05) is 11.8 Å². The highest BCUT2D eigenvalue weighted by Crippen LogP contribution is 2.30. The molecule has 1 N–H and O–H groups in total. The van der Waals surface area contributed by atoms with Crippen molar-refractivity contribution in [2.24, 2.45) is 5.92 Å². The first-order valence-electron chi connectivity index (χ1n) is 8.60. The lowest BCUT2D eigenvalue weighted by molar-refractivity contribution is -0.143. The quantitative estimate of drug-likeness (QED) is 0.834. The first-order chi connectivity index (χ1) is 12.0. The van der Waals surface area contributed by atoms with Crippen molar-refractivity contribution in [3.8, 4) is 0 Å². The Morgan fingerprint density at radius 2 is 2.04 bits per heavy atom. The number of carboxylic acids is 1. The molecular weight excluding hydrogens is 324 g/mol. The minimum absolute atomic E-state index is 0.0334. The van der Waals surface area contributed by atoms with Crippen LogP contribution in [0.25, 0.3) is 0 Å². The maximum Gasteiger partial charge on any atom is 0.310 e. The van der Waals surface area contributed by atoms with Crippen molar-refractivity contribution < 1.29 is 19.4 Å². The maximum absolute atomic E-state index is 12.2. The number of ether oxygens (including phenoxy) is 1. The van der Waals surface area contributed by atoms with E-state index in [4.69, 9.17) is 4.74 Å². The molecule has 0 radical (unpaired) electrons. The zero-order valence-electron chi connectivity index (χ0n) is 14.7. The van der Waals surface area contributed by atoms with Gasteiger partial charge in [-0.25, -0.2) is 9.97 Å². The van der Waals surface area contributed by atoms with Crippen LogP contribution >= 0.6 is 0 Å². The SMILES string of the molecule is COCC(=O)N1CCN(c2nc(C)nc3c2CCC3)CC(C(=O)O)C1. The van der Waals surface area contributed by atoms with Crippen LogP contribution in [-0.4, -0.2) is 71.7 Å². The van der Waals surface area contributed by atoms with Crippen LogP contribution in [-0.2, 0) is 27.2 Å². The van der Waals surface area contributed by atoms with E-state index in [1.54, 1.807) is 4.90 Å². The molecule has 8 nitrogen and oxygen atoms in total. The standard InChI is InChI=1S/C17H24N4O4/c1-11-18-14-5-3-4-13(14)16(19-11)21-7-6-20(15(22)10-25-2)8-12(9-21)17(23)24/h12H,3-10H2,1-2H3,(H,23,24). The molecule has 8 heteroatoms. The molecular formula is C17H24N4O4. The molecule has 1 aromatic rings. The molecule has 1 fully saturated rings. The van der Waals surface area contributed by atoms with Gasteiger partial charge < -0.3 is 19.6 Å². The van der Waals surface area contributed by atoms with Gasteiger partial charge in [0.2, 0.25) is 5.91 Å². The molecule has 1 atom stereocenters. The number of nitrogens with zero attached hydrogens (tertiary/aromatic N) is 4. The highest BCUT2D eigenvalue weighted by atomic mass is 16.5. The smallest absolute Gasteiger partial charge is 0.310 e. The van der Waals surface area contributed by atoms with Gasteiger partial charge in [0.05, 0.1) is 5.92 Å². The van der Waals surface area contributed by atoms with E-state index in [9.17, 15) is 14.7 Å². The van der Waals surface area contributed by atoms with E-state index < -0.39 is 11.9 Å². The van der Waals surface area contributed by atoms with Crippen LogP contribution in [0.1, 0.15) is 23.5 Å². The van der Waals surface area contributed by atoms with Crippen LogP contribution in [0.4, 0.5) is 5.82 Å². The zero-order valence-corrected chi connectivity index (χ0v) is 14.7. The van der Waals surface area contributed by atoms with E-state index >= 15 is 0 Å². The highest BCUT2D eigenvalue weighted by molar-refractivity contribution is 5.79. The predicted molar refractivity (Wildman–Crippen MR) is 90.6 cm³/mol. The molecule has 2 heterocycles. The van der Waals surface area contributed by atoms with Gasteiger partial charge in [0.1, 0.15) is 18.2 Å². The van der Waals surface area contributed by atoms with Crippen molar-refractivity contribution in [2.45, 2.75) is 26.2 Å². The zero-order chi connectivity index (χ0) is 18.0. The molecule has 0 aromatic carbocycles. The average molecular weight is 348 g/mol. The minimum Gasteiger partial charge on any atom is -0.481 e. The Bertz CT molecular complexity index is 679. The number of carboxylic acid groups (broad SMARTS) is 1. The summed E-state index contributed by atoms with van der Waals surface area (Å²) in [5.41, 5.74) is 2.21. The summed E-state index contributed by atoms with van der Waals surface area (Å²) < 4.78 is 4.91. The van der Waals surface area contributed by atoms with Gasteiger partial charge in [-0.2, -0.15) is 0 Å². The van der Waals surface area contributed by atoms with E-state index in [0.717, 1.165) is 36.3 Å². The molecule has 1 amide bonds. The molecule has 1 unspecified atom stereocenters. The Labute approximate surface area is 146 Å². The number of methoxy groups -OCH3 is 1. The van der Waals surface area contributed by atoms with E-state index in [1.165, 1.54) is 7.11 Å². The number of anilines is 1. The maximum atomic E-state index is 12.2. The van der Waals surface area contributed by atoms with Crippen LogP contribution in [0.15, 0.2) is 0 Å². The van der Waals surface area contributed by atoms with Gasteiger partial charge in [0, 0.05) is 44.5 Å². The minimum atomic E-state index is -0.899. The Hall–Kier alpha value is -2.22. The third kappa shape index (κ3) is 3.73. The van der Waals surface area contributed by atoms with Gasteiger partial charge >= 0.3 is 5.97 Å². The molecule has 1 aliphatic heterocycles. The number of fused-ring (bicyclic) bond motifs is 1. The lowest BCUT2D eigenvalue weighted by atomic mass is 10.1. The summed E-state index contributed by atoms with van der Waals surface area (Å²) in [6.45, 7) is 3.39. The van der Waals surface area contributed by atoms with E-state index in [0.29, 0.717) is 25.5 Å². The summed E-state index contributed by atoms with van der Waals surface area (Å²) in [5.74, 6) is -0.189. The van der Waals surface area contributed by atoms with Crippen molar-refractivity contribution in [1.29, 1.82) is 0 Å². The lowest BCUT2D eigenvalue weighted by Gasteiger charge is -2.25. The second-order valence-corrected chi connectivity index (χ2v) is 6.63. The normalized spacial score (nSPS) is 20.3. The number of hydrogen-bond acceptors (Lipinski definition) is 6. The van der Waals surface area contributed by atoms with Gasteiger partial charge in [0.15, 0.2) is 0 Å². The Balaban J connectivity index is 1.88. The van der Waals surface area contributed by atoms with Crippen molar-refractivity contribution >= 4 is 17.7 Å². The third-order valence-corrected chi connectivity index (χ3v) is 4.81. The Morgan fingerprint density at radius 1 is 1.24 bits per heavy atom. The van der Waals surface area contributed by atoms with Crippen molar-refractivity contribution in [2.75, 3.05) is 44.8 Å². The topological polar surface area (TPSA) is 95.9 Å². The molecule has 136 valence electrons. The van der Waals surface area contributed by atoms with Crippen LogP contribution < -0.4 is 4.90 Å². The third-order valence-electron chi connectivity index (χ3n) is 4.81.